The highest BCUT2D eigenvalue weighted by Crippen LogP contribution is 2.61. The summed E-state index contributed by atoms with van der Waals surface area (Å²) in [6, 6.07) is 12.5. The number of nitriles is 1. The van der Waals surface area contributed by atoms with E-state index < -0.39 is 5.60 Å². The quantitative estimate of drug-likeness (QED) is 0.788. The van der Waals surface area contributed by atoms with Gasteiger partial charge in [-0.1, -0.05) is 30.3 Å². The fraction of sp³-hybridized carbons (Fsp3) is 0.533. The van der Waals surface area contributed by atoms with Crippen LogP contribution in [0.15, 0.2) is 30.3 Å². The lowest BCUT2D eigenvalue weighted by molar-refractivity contribution is 0.00203. The van der Waals surface area contributed by atoms with Crippen LogP contribution in [0, 0.1) is 11.3 Å². The van der Waals surface area contributed by atoms with Crippen LogP contribution in [0.2, 0.25) is 0 Å². The Bertz CT molecular complexity index is 493. The number of hydrogen-bond donors (Lipinski definition) is 0. The summed E-state index contributed by atoms with van der Waals surface area (Å²) in [4.78, 5) is 0. The Hall–Kier alpha value is -0.630. The van der Waals surface area contributed by atoms with Crippen molar-refractivity contribution < 1.29 is 4.74 Å². The second-order valence-electron chi connectivity index (χ2n) is 5.09. The molecule has 0 amide bonds. The lowest BCUT2D eigenvalue weighted by Crippen LogP contribution is -2.44. The monoisotopic (exact) mass is 291 g/mol. The smallest absolute Gasteiger partial charge is 0.203 e. The number of ether oxygens (including phenoxy) is 1. The van der Waals surface area contributed by atoms with E-state index in [0.717, 1.165) is 23.5 Å². The Morgan fingerprint density at radius 2 is 1.95 bits per heavy atom. The predicted molar refractivity (Wildman–Crippen MR) is 81.2 cm³/mol. The maximum Gasteiger partial charge on any atom is 0.203 e. The average molecular weight is 291 g/mol. The van der Waals surface area contributed by atoms with E-state index in [4.69, 9.17) is 4.74 Å². The maximum atomic E-state index is 9.90. The van der Waals surface area contributed by atoms with Gasteiger partial charge in [-0.3, -0.25) is 0 Å². The van der Waals surface area contributed by atoms with E-state index >= 15 is 0 Å². The van der Waals surface area contributed by atoms with E-state index in [0.29, 0.717) is 0 Å². The molecule has 100 valence electrons. The standard InChI is InChI=1S/C15H17NOS2/c1-12-10-15(18-8-5-9-19-15)14(11-16,17-12)13-6-3-2-4-7-13/h2-4,6-7,12H,5,8-10H2,1H3/t12-,14+/m1/s1. The lowest BCUT2D eigenvalue weighted by atomic mass is 9.91. The van der Waals surface area contributed by atoms with E-state index in [-0.39, 0.29) is 10.2 Å². The average Bonchev–Trinajstić information content (AvgIpc) is 2.73. The molecule has 0 radical (unpaired) electrons. The molecular formula is C15H17NOS2. The van der Waals surface area contributed by atoms with E-state index in [1.54, 1.807) is 0 Å². The molecule has 0 unspecified atom stereocenters. The normalized spacial score (nSPS) is 33.2. The van der Waals surface area contributed by atoms with Crippen LogP contribution in [0.25, 0.3) is 0 Å². The van der Waals surface area contributed by atoms with Crippen LogP contribution in [-0.2, 0) is 10.3 Å². The Kier molecular flexibility index (Phi) is 3.55. The molecule has 2 saturated heterocycles. The van der Waals surface area contributed by atoms with Gasteiger partial charge in [-0.15, -0.1) is 23.5 Å². The van der Waals surface area contributed by atoms with Crippen LogP contribution < -0.4 is 0 Å². The Morgan fingerprint density at radius 1 is 1.26 bits per heavy atom. The number of hydrogen-bond acceptors (Lipinski definition) is 4. The minimum Gasteiger partial charge on any atom is -0.351 e. The number of nitrogens with zero attached hydrogens (tertiary/aromatic N) is 1. The highest BCUT2D eigenvalue weighted by Gasteiger charge is 2.61. The number of rotatable bonds is 1. The molecule has 1 aromatic carbocycles. The van der Waals surface area contributed by atoms with Gasteiger partial charge < -0.3 is 4.74 Å². The third kappa shape index (κ3) is 1.99. The second-order valence-corrected chi connectivity index (χ2v) is 8.14. The van der Waals surface area contributed by atoms with Crippen molar-refractivity contribution in [2.45, 2.75) is 35.5 Å². The van der Waals surface area contributed by atoms with Gasteiger partial charge in [0.2, 0.25) is 5.60 Å². The topological polar surface area (TPSA) is 33.0 Å². The molecule has 4 heteroatoms. The largest absolute Gasteiger partial charge is 0.351 e. The van der Waals surface area contributed by atoms with Gasteiger partial charge >= 0.3 is 0 Å². The molecule has 0 N–H and O–H groups in total. The first-order chi connectivity index (χ1) is 9.22. The molecule has 2 nitrogen and oxygen atoms in total. The van der Waals surface area contributed by atoms with Crippen molar-refractivity contribution in [3.05, 3.63) is 35.9 Å². The molecule has 2 aliphatic rings. The van der Waals surface area contributed by atoms with Crippen molar-refractivity contribution in [1.29, 1.82) is 5.26 Å². The molecule has 2 aliphatic heterocycles. The fourth-order valence-corrected chi connectivity index (χ4v) is 6.78. The summed E-state index contributed by atoms with van der Waals surface area (Å²) in [6.45, 7) is 2.08. The van der Waals surface area contributed by atoms with Gasteiger partial charge in [-0.2, -0.15) is 5.26 Å². The van der Waals surface area contributed by atoms with Crippen molar-refractivity contribution in [2.75, 3.05) is 11.5 Å². The summed E-state index contributed by atoms with van der Waals surface area (Å²) in [6.07, 6.45) is 2.31. The van der Waals surface area contributed by atoms with Crippen LogP contribution in [0.1, 0.15) is 25.3 Å². The minimum absolute atomic E-state index is 0.137. The third-order valence-electron chi connectivity index (χ3n) is 3.77. The molecular weight excluding hydrogens is 274 g/mol. The highest BCUT2D eigenvalue weighted by atomic mass is 32.2. The van der Waals surface area contributed by atoms with Gasteiger partial charge in [-0.25, -0.2) is 0 Å². The van der Waals surface area contributed by atoms with Gasteiger partial charge in [0.1, 0.15) is 10.1 Å². The van der Waals surface area contributed by atoms with Crippen LogP contribution >= 0.6 is 23.5 Å². The van der Waals surface area contributed by atoms with Crippen molar-refractivity contribution in [1.82, 2.24) is 0 Å². The van der Waals surface area contributed by atoms with Gasteiger partial charge in [0.05, 0.1) is 6.10 Å². The Morgan fingerprint density at radius 3 is 2.58 bits per heavy atom. The first-order valence-corrected chi connectivity index (χ1v) is 8.62. The van der Waals surface area contributed by atoms with Crippen molar-refractivity contribution in [2.24, 2.45) is 0 Å². The van der Waals surface area contributed by atoms with Gasteiger partial charge in [-0.05, 0) is 24.9 Å². The Labute approximate surface area is 122 Å². The van der Waals surface area contributed by atoms with Gasteiger partial charge in [0.25, 0.3) is 0 Å². The molecule has 2 atom stereocenters. The van der Waals surface area contributed by atoms with Crippen LogP contribution in [-0.4, -0.2) is 21.7 Å². The van der Waals surface area contributed by atoms with E-state index in [1.807, 2.05) is 53.9 Å². The Balaban J connectivity index is 2.10. The summed E-state index contributed by atoms with van der Waals surface area (Å²) in [5.74, 6) is 2.25. The van der Waals surface area contributed by atoms with Gasteiger partial charge in [0, 0.05) is 12.0 Å². The molecule has 3 rings (SSSR count). The fourth-order valence-electron chi connectivity index (χ4n) is 2.99. The lowest BCUT2D eigenvalue weighted by Gasteiger charge is -2.41. The molecule has 1 aromatic rings. The molecule has 0 aliphatic carbocycles. The third-order valence-corrected chi connectivity index (χ3v) is 7.30. The summed E-state index contributed by atoms with van der Waals surface area (Å²) in [5.41, 5.74) is 0.201. The summed E-state index contributed by atoms with van der Waals surface area (Å²) in [7, 11) is 0. The number of thioether (sulfide) groups is 2. The first-order valence-electron chi connectivity index (χ1n) is 6.65. The van der Waals surface area contributed by atoms with E-state index in [1.165, 1.54) is 6.42 Å². The summed E-state index contributed by atoms with van der Waals surface area (Å²) >= 11 is 3.84. The predicted octanol–water partition coefficient (Wildman–Crippen LogP) is 3.78. The number of benzene rings is 1. The maximum absolute atomic E-state index is 9.90. The van der Waals surface area contributed by atoms with Crippen molar-refractivity contribution in [3.63, 3.8) is 0 Å². The zero-order chi connectivity index (χ0) is 13.3. The molecule has 2 heterocycles. The second kappa shape index (κ2) is 5.05. The zero-order valence-corrected chi connectivity index (χ0v) is 12.6. The first kappa shape index (κ1) is 13.4. The highest BCUT2D eigenvalue weighted by molar-refractivity contribution is 8.18. The molecule has 2 fully saturated rings. The molecule has 0 saturated carbocycles. The summed E-state index contributed by atoms with van der Waals surface area (Å²) < 4.78 is 6.04. The minimum atomic E-state index is -0.802. The zero-order valence-electron chi connectivity index (χ0n) is 11.0. The molecule has 19 heavy (non-hydrogen) atoms. The van der Waals surface area contributed by atoms with Crippen molar-refractivity contribution in [3.8, 4) is 6.07 Å². The van der Waals surface area contributed by atoms with Crippen LogP contribution in [0.4, 0.5) is 0 Å². The van der Waals surface area contributed by atoms with E-state index in [2.05, 4.69) is 13.0 Å². The SMILES string of the molecule is C[C@@H]1CC2(SCCCS2)[C@](C#N)(c2ccccc2)O1. The molecule has 0 bridgehead atoms. The summed E-state index contributed by atoms with van der Waals surface area (Å²) in [5, 5.41) is 9.90. The van der Waals surface area contributed by atoms with E-state index in [9.17, 15) is 5.26 Å². The van der Waals surface area contributed by atoms with Crippen molar-refractivity contribution >= 4 is 23.5 Å². The van der Waals surface area contributed by atoms with Crippen LogP contribution in [0.3, 0.4) is 0 Å². The molecule has 1 spiro atoms. The van der Waals surface area contributed by atoms with Gasteiger partial charge in [0.15, 0.2) is 0 Å². The molecule has 0 aromatic heterocycles. The van der Waals surface area contributed by atoms with Crippen LogP contribution in [0.5, 0.6) is 0 Å².